The van der Waals surface area contributed by atoms with Crippen LogP contribution in [0.25, 0.3) is 0 Å². The average Bonchev–Trinajstić information content (AvgIpc) is 2.18. The molecule has 1 aromatic rings. The summed E-state index contributed by atoms with van der Waals surface area (Å²) in [6.07, 6.45) is 0. The van der Waals surface area contributed by atoms with Crippen molar-refractivity contribution in [3.8, 4) is 0 Å². The van der Waals surface area contributed by atoms with Crippen molar-refractivity contribution < 1.29 is 14.0 Å². The van der Waals surface area contributed by atoms with Crippen molar-refractivity contribution >= 4 is 17.5 Å². The highest BCUT2D eigenvalue weighted by Crippen LogP contribution is 2.17. The van der Waals surface area contributed by atoms with Crippen LogP contribution in [0, 0.1) is 11.7 Å². The minimum atomic E-state index is -0.661. The van der Waals surface area contributed by atoms with Gasteiger partial charge in [0.05, 0.1) is 11.6 Å². The zero-order chi connectivity index (χ0) is 12.4. The van der Waals surface area contributed by atoms with Gasteiger partial charge in [0.1, 0.15) is 5.82 Å². The average molecular weight is 237 g/mol. The Kier molecular flexibility index (Phi) is 3.06. The zero-order valence-corrected chi connectivity index (χ0v) is 9.00. The summed E-state index contributed by atoms with van der Waals surface area (Å²) in [6, 6.07) is 3.62. The maximum atomic E-state index is 13.4. The van der Waals surface area contributed by atoms with Gasteiger partial charge < -0.3 is 16.4 Å². The van der Waals surface area contributed by atoms with E-state index < -0.39 is 11.7 Å². The number of carbonyl (C=O) groups excluding carboxylic acids is 2. The van der Waals surface area contributed by atoms with Crippen LogP contribution in [0.5, 0.6) is 0 Å². The fourth-order valence-electron chi connectivity index (χ4n) is 1.48. The van der Waals surface area contributed by atoms with Crippen LogP contribution in [-0.2, 0) is 4.79 Å². The quantitative estimate of drug-likeness (QED) is 0.696. The van der Waals surface area contributed by atoms with Gasteiger partial charge in [-0.1, -0.05) is 0 Å². The zero-order valence-electron chi connectivity index (χ0n) is 9.00. The Labute approximate surface area is 97.2 Å². The number of carbonyl (C=O) groups is 2. The number of benzene rings is 1. The minimum absolute atomic E-state index is 0.0156. The summed E-state index contributed by atoms with van der Waals surface area (Å²) in [4.78, 5) is 22.5. The van der Waals surface area contributed by atoms with Crippen molar-refractivity contribution in [2.45, 2.75) is 0 Å². The Hall–Kier alpha value is -1.95. The smallest absolute Gasteiger partial charge is 0.248 e. The van der Waals surface area contributed by atoms with Gasteiger partial charge in [0.25, 0.3) is 0 Å². The molecule has 17 heavy (non-hydrogen) atoms. The van der Waals surface area contributed by atoms with Gasteiger partial charge in [0.2, 0.25) is 11.8 Å². The van der Waals surface area contributed by atoms with Crippen LogP contribution in [0.2, 0.25) is 0 Å². The fourth-order valence-corrected chi connectivity index (χ4v) is 1.48. The Bertz CT molecular complexity index is 472. The molecule has 0 aliphatic carbocycles. The van der Waals surface area contributed by atoms with Gasteiger partial charge in [-0.2, -0.15) is 0 Å². The van der Waals surface area contributed by atoms with E-state index in [1.165, 1.54) is 12.1 Å². The van der Waals surface area contributed by atoms with E-state index in [0.29, 0.717) is 13.1 Å². The van der Waals surface area contributed by atoms with Crippen molar-refractivity contribution in [2.24, 2.45) is 11.7 Å². The lowest BCUT2D eigenvalue weighted by Gasteiger charge is -2.25. The molecule has 0 radical (unpaired) electrons. The third kappa shape index (κ3) is 2.42. The van der Waals surface area contributed by atoms with Crippen molar-refractivity contribution in [1.82, 2.24) is 5.32 Å². The molecular weight excluding hydrogens is 225 g/mol. The number of hydrogen-bond acceptors (Lipinski definition) is 3. The second-order valence-electron chi connectivity index (χ2n) is 3.90. The van der Waals surface area contributed by atoms with Crippen LogP contribution in [0.3, 0.4) is 0 Å². The summed E-state index contributed by atoms with van der Waals surface area (Å²) in [5.74, 6) is -1.66. The first-order chi connectivity index (χ1) is 8.08. The van der Waals surface area contributed by atoms with Crippen LogP contribution in [-0.4, -0.2) is 24.9 Å². The van der Waals surface area contributed by atoms with E-state index in [1.54, 1.807) is 0 Å². The van der Waals surface area contributed by atoms with E-state index in [0.717, 1.165) is 6.07 Å². The van der Waals surface area contributed by atoms with Gasteiger partial charge >= 0.3 is 0 Å². The number of primary amides is 1. The molecule has 0 aromatic heterocycles. The highest BCUT2D eigenvalue weighted by Gasteiger charge is 2.25. The number of nitrogens with two attached hydrogens (primary N) is 1. The molecule has 4 N–H and O–H groups in total. The Morgan fingerprint density at radius 1 is 1.41 bits per heavy atom. The molecule has 0 bridgehead atoms. The van der Waals surface area contributed by atoms with E-state index in [1.807, 2.05) is 0 Å². The second-order valence-corrected chi connectivity index (χ2v) is 3.90. The standard InChI is InChI=1S/C11H12FN3O2/c12-8-2-1-6(10(13)16)3-9(8)15-11(17)7-4-14-5-7/h1-3,7,14H,4-5H2,(H2,13,16)(H,15,17). The molecule has 1 heterocycles. The number of rotatable bonds is 3. The molecule has 0 spiro atoms. The van der Waals surface area contributed by atoms with E-state index in [-0.39, 0.29) is 23.1 Å². The molecule has 0 unspecified atom stereocenters. The van der Waals surface area contributed by atoms with Gasteiger partial charge in [-0.05, 0) is 18.2 Å². The number of amides is 2. The summed E-state index contributed by atoms with van der Waals surface area (Å²) in [6.45, 7) is 1.17. The lowest BCUT2D eigenvalue weighted by Crippen LogP contribution is -2.48. The van der Waals surface area contributed by atoms with Crippen molar-refractivity contribution in [1.29, 1.82) is 0 Å². The monoisotopic (exact) mass is 237 g/mol. The lowest BCUT2D eigenvalue weighted by atomic mass is 10.0. The van der Waals surface area contributed by atoms with E-state index in [2.05, 4.69) is 10.6 Å². The van der Waals surface area contributed by atoms with Crippen molar-refractivity contribution in [2.75, 3.05) is 18.4 Å². The molecule has 0 atom stereocenters. The lowest BCUT2D eigenvalue weighted by molar-refractivity contribution is -0.121. The van der Waals surface area contributed by atoms with E-state index in [9.17, 15) is 14.0 Å². The predicted molar refractivity (Wildman–Crippen MR) is 59.9 cm³/mol. The normalized spacial score (nSPS) is 15.1. The van der Waals surface area contributed by atoms with Gasteiger partial charge in [-0.15, -0.1) is 0 Å². The van der Waals surface area contributed by atoms with Crippen LogP contribution in [0.15, 0.2) is 18.2 Å². The molecular formula is C11H12FN3O2. The Morgan fingerprint density at radius 3 is 2.65 bits per heavy atom. The predicted octanol–water partition coefficient (Wildman–Crippen LogP) is 0.0825. The number of halogens is 1. The maximum Gasteiger partial charge on any atom is 0.248 e. The van der Waals surface area contributed by atoms with Gasteiger partial charge in [-0.3, -0.25) is 9.59 Å². The summed E-state index contributed by atoms with van der Waals surface area (Å²) < 4.78 is 13.4. The van der Waals surface area contributed by atoms with Gasteiger partial charge in [0.15, 0.2) is 0 Å². The summed E-state index contributed by atoms with van der Waals surface area (Å²) in [5, 5.41) is 5.39. The summed E-state index contributed by atoms with van der Waals surface area (Å²) in [5.41, 5.74) is 5.22. The molecule has 1 saturated heterocycles. The highest BCUT2D eigenvalue weighted by molar-refractivity contribution is 5.97. The highest BCUT2D eigenvalue weighted by atomic mass is 19.1. The number of hydrogen-bond donors (Lipinski definition) is 3. The molecule has 0 saturated carbocycles. The second kappa shape index (κ2) is 4.50. The minimum Gasteiger partial charge on any atom is -0.366 e. The first-order valence-corrected chi connectivity index (χ1v) is 5.19. The van der Waals surface area contributed by atoms with E-state index >= 15 is 0 Å². The molecule has 2 amide bonds. The summed E-state index contributed by atoms with van der Waals surface area (Å²) >= 11 is 0. The molecule has 1 aromatic carbocycles. The van der Waals surface area contributed by atoms with Crippen molar-refractivity contribution in [3.05, 3.63) is 29.6 Å². The van der Waals surface area contributed by atoms with Crippen molar-refractivity contribution in [3.63, 3.8) is 0 Å². The largest absolute Gasteiger partial charge is 0.366 e. The third-order valence-corrected chi connectivity index (χ3v) is 2.66. The van der Waals surface area contributed by atoms with Crippen LogP contribution >= 0.6 is 0 Å². The first-order valence-electron chi connectivity index (χ1n) is 5.19. The SMILES string of the molecule is NC(=O)c1ccc(F)c(NC(=O)C2CNC2)c1. The molecule has 90 valence electrons. The van der Waals surface area contributed by atoms with Gasteiger partial charge in [0, 0.05) is 18.7 Å². The molecule has 5 nitrogen and oxygen atoms in total. The molecule has 1 aliphatic heterocycles. The number of anilines is 1. The molecule has 6 heteroatoms. The molecule has 2 rings (SSSR count). The van der Waals surface area contributed by atoms with Crippen LogP contribution in [0.1, 0.15) is 10.4 Å². The first kappa shape index (κ1) is 11.5. The Morgan fingerprint density at radius 2 is 2.12 bits per heavy atom. The van der Waals surface area contributed by atoms with Gasteiger partial charge in [-0.25, -0.2) is 4.39 Å². The summed E-state index contributed by atoms with van der Waals surface area (Å²) in [7, 11) is 0. The fraction of sp³-hybridized carbons (Fsp3) is 0.273. The van der Waals surface area contributed by atoms with E-state index in [4.69, 9.17) is 5.73 Å². The topological polar surface area (TPSA) is 84.2 Å². The maximum absolute atomic E-state index is 13.4. The third-order valence-electron chi connectivity index (χ3n) is 2.66. The number of nitrogens with one attached hydrogen (secondary N) is 2. The van der Waals surface area contributed by atoms with Crippen LogP contribution in [0.4, 0.5) is 10.1 Å². The molecule has 1 aliphatic rings. The van der Waals surface area contributed by atoms with Crippen LogP contribution < -0.4 is 16.4 Å². The molecule has 1 fully saturated rings. The Balaban J connectivity index is 2.16.